The summed E-state index contributed by atoms with van der Waals surface area (Å²) in [5, 5.41) is 10.2. The van der Waals surface area contributed by atoms with Crippen LogP contribution in [0.2, 0.25) is 0 Å². The number of rotatable bonds is 6. The average Bonchev–Trinajstić information content (AvgIpc) is 2.93. The molecule has 0 spiro atoms. The summed E-state index contributed by atoms with van der Waals surface area (Å²) in [6.45, 7) is 5.07. The molecule has 0 fully saturated rings. The summed E-state index contributed by atoms with van der Waals surface area (Å²) in [7, 11) is 1.72. The molecule has 0 aliphatic rings. The average molecular weight is 319 g/mol. The molecule has 0 aliphatic heterocycles. The molecule has 0 amide bonds. The molecule has 2 N–H and O–H groups in total. The van der Waals surface area contributed by atoms with E-state index in [0.29, 0.717) is 37.2 Å². The Kier molecular flexibility index (Phi) is 6.08. The molecule has 1 heterocycles. The van der Waals surface area contributed by atoms with Gasteiger partial charge in [0.25, 0.3) is 0 Å². The van der Waals surface area contributed by atoms with Crippen molar-refractivity contribution in [1.82, 2.24) is 20.8 Å². The van der Waals surface area contributed by atoms with Gasteiger partial charge in [-0.3, -0.25) is 4.99 Å². The molecule has 0 atom stereocenters. The summed E-state index contributed by atoms with van der Waals surface area (Å²) >= 11 is 0. The molecule has 0 unspecified atom stereocenters. The number of nitrogens with zero attached hydrogens (tertiary/aromatic N) is 3. The summed E-state index contributed by atoms with van der Waals surface area (Å²) in [4.78, 5) is 8.30. The minimum absolute atomic E-state index is 0.201. The van der Waals surface area contributed by atoms with E-state index in [-0.39, 0.29) is 5.82 Å². The maximum atomic E-state index is 13.1. The van der Waals surface area contributed by atoms with Gasteiger partial charge in [-0.2, -0.15) is 4.98 Å². The molecule has 124 valence electrons. The molecule has 0 saturated carbocycles. The summed E-state index contributed by atoms with van der Waals surface area (Å²) in [6, 6.07) is 4.86. The number of aliphatic imine (C=N–C) groups is 1. The summed E-state index contributed by atoms with van der Waals surface area (Å²) in [6.07, 6.45) is 1.44. The number of hydrogen-bond donors (Lipinski definition) is 2. The topological polar surface area (TPSA) is 75.3 Å². The van der Waals surface area contributed by atoms with Crippen LogP contribution in [-0.4, -0.2) is 36.2 Å². The van der Waals surface area contributed by atoms with E-state index < -0.39 is 0 Å². The molecule has 2 rings (SSSR count). The first kappa shape index (κ1) is 16.9. The van der Waals surface area contributed by atoms with Gasteiger partial charge in [-0.1, -0.05) is 11.2 Å². The molecule has 0 saturated heterocycles. The van der Waals surface area contributed by atoms with Gasteiger partial charge in [-0.05, 0) is 43.5 Å². The Bertz CT molecular complexity index is 668. The van der Waals surface area contributed by atoms with Crippen LogP contribution in [0.3, 0.4) is 0 Å². The molecule has 0 aliphatic carbocycles. The van der Waals surface area contributed by atoms with Crippen LogP contribution in [0.1, 0.15) is 22.8 Å². The lowest BCUT2D eigenvalue weighted by atomic mass is 10.1. The zero-order chi connectivity index (χ0) is 16.7. The number of aromatic nitrogens is 2. The van der Waals surface area contributed by atoms with E-state index in [2.05, 4.69) is 25.8 Å². The molecule has 1 aromatic heterocycles. The van der Waals surface area contributed by atoms with E-state index in [9.17, 15) is 4.39 Å². The highest BCUT2D eigenvalue weighted by Crippen LogP contribution is 2.10. The Morgan fingerprint density at radius 1 is 1.22 bits per heavy atom. The Morgan fingerprint density at radius 2 is 1.96 bits per heavy atom. The van der Waals surface area contributed by atoms with Crippen LogP contribution in [-0.2, 0) is 12.8 Å². The van der Waals surface area contributed by atoms with Crippen LogP contribution in [0.4, 0.5) is 4.39 Å². The van der Waals surface area contributed by atoms with Crippen molar-refractivity contribution in [2.24, 2.45) is 4.99 Å². The van der Waals surface area contributed by atoms with Gasteiger partial charge < -0.3 is 15.2 Å². The Morgan fingerprint density at radius 3 is 2.57 bits per heavy atom. The number of aryl methyl sites for hydroxylation is 2. The van der Waals surface area contributed by atoms with Crippen LogP contribution in [0.5, 0.6) is 0 Å². The molecule has 23 heavy (non-hydrogen) atoms. The van der Waals surface area contributed by atoms with E-state index in [1.165, 1.54) is 6.07 Å². The van der Waals surface area contributed by atoms with Crippen molar-refractivity contribution in [3.63, 3.8) is 0 Å². The second-order valence-electron chi connectivity index (χ2n) is 5.23. The molecule has 6 nitrogen and oxygen atoms in total. The van der Waals surface area contributed by atoms with Crippen LogP contribution in [0, 0.1) is 19.7 Å². The van der Waals surface area contributed by atoms with Gasteiger partial charge in [0.05, 0.1) is 0 Å². The molecule has 0 radical (unpaired) electrons. The van der Waals surface area contributed by atoms with Gasteiger partial charge in [0.2, 0.25) is 5.89 Å². The molecular weight excluding hydrogens is 297 g/mol. The zero-order valence-corrected chi connectivity index (χ0v) is 13.7. The fourth-order valence-corrected chi connectivity index (χ4v) is 2.21. The standard InChI is InChI=1S/C16H22FN5O/c1-11-10-14(17)5-4-13(11)6-8-19-16(18-3)20-9-7-15-21-12(2)22-23-15/h4-5,10H,6-9H2,1-3H3,(H2,18,19,20). The lowest BCUT2D eigenvalue weighted by Crippen LogP contribution is -2.39. The highest BCUT2D eigenvalue weighted by molar-refractivity contribution is 5.79. The van der Waals surface area contributed by atoms with Gasteiger partial charge in [0.15, 0.2) is 11.8 Å². The second kappa shape index (κ2) is 8.26. The SMILES string of the molecule is CN=C(NCCc1nc(C)no1)NCCc1ccc(F)cc1C. The molecule has 1 aromatic carbocycles. The van der Waals surface area contributed by atoms with Gasteiger partial charge in [0, 0.05) is 26.6 Å². The lowest BCUT2D eigenvalue weighted by molar-refractivity contribution is 0.374. The van der Waals surface area contributed by atoms with Crippen molar-refractivity contribution in [3.8, 4) is 0 Å². The molecular formula is C16H22FN5O. The van der Waals surface area contributed by atoms with Crippen LogP contribution in [0.25, 0.3) is 0 Å². The quantitative estimate of drug-likeness (QED) is 0.627. The maximum Gasteiger partial charge on any atom is 0.228 e. The summed E-state index contributed by atoms with van der Waals surface area (Å²) in [5.41, 5.74) is 2.08. The third-order valence-corrected chi connectivity index (χ3v) is 3.42. The number of benzene rings is 1. The number of hydrogen-bond acceptors (Lipinski definition) is 4. The largest absolute Gasteiger partial charge is 0.356 e. The van der Waals surface area contributed by atoms with Crippen molar-refractivity contribution in [1.29, 1.82) is 0 Å². The zero-order valence-electron chi connectivity index (χ0n) is 13.7. The van der Waals surface area contributed by atoms with Crippen molar-refractivity contribution in [2.75, 3.05) is 20.1 Å². The van der Waals surface area contributed by atoms with Crippen LogP contribution in [0.15, 0.2) is 27.7 Å². The number of nitrogens with one attached hydrogen (secondary N) is 2. The van der Waals surface area contributed by atoms with Gasteiger partial charge in [-0.25, -0.2) is 4.39 Å². The van der Waals surface area contributed by atoms with Gasteiger partial charge in [-0.15, -0.1) is 0 Å². The highest BCUT2D eigenvalue weighted by Gasteiger charge is 2.04. The highest BCUT2D eigenvalue weighted by atomic mass is 19.1. The summed E-state index contributed by atoms with van der Waals surface area (Å²) in [5.74, 6) is 1.75. The fraction of sp³-hybridized carbons (Fsp3) is 0.438. The smallest absolute Gasteiger partial charge is 0.228 e. The van der Waals surface area contributed by atoms with E-state index in [0.717, 1.165) is 17.5 Å². The predicted molar refractivity (Wildman–Crippen MR) is 86.9 cm³/mol. The third-order valence-electron chi connectivity index (χ3n) is 3.42. The van der Waals surface area contributed by atoms with E-state index in [1.54, 1.807) is 20.0 Å². The van der Waals surface area contributed by atoms with Crippen molar-refractivity contribution in [3.05, 3.63) is 46.9 Å². The Labute approximate surface area is 135 Å². The second-order valence-corrected chi connectivity index (χ2v) is 5.23. The van der Waals surface area contributed by atoms with Crippen molar-refractivity contribution in [2.45, 2.75) is 26.7 Å². The van der Waals surface area contributed by atoms with E-state index >= 15 is 0 Å². The third kappa shape index (κ3) is 5.36. The minimum Gasteiger partial charge on any atom is -0.356 e. The first-order chi connectivity index (χ1) is 11.1. The van der Waals surface area contributed by atoms with Crippen molar-refractivity contribution >= 4 is 5.96 Å². The minimum atomic E-state index is -0.201. The van der Waals surface area contributed by atoms with Gasteiger partial charge >= 0.3 is 0 Å². The fourth-order valence-electron chi connectivity index (χ4n) is 2.21. The summed E-state index contributed by atoms with van der Waals surface area (Å²) < 4.78 is 18.1. The Balaban J connectivity index is 1.72. The monoisotopic (exact) mass is 319 g/mol. The number of halogens is 1. The van der Waals surface area contributed by atoms with E-state index in [4.69, 9.17) is 4.52 Å². The number of guanidine groups is 1. The first-order valence-electron chi connectivity index (χ1n) is 7.57. The van der Waals surface area contributed by atoms with E-state index in [1.807, 2.05) is 13.0 Å². The lowest BCUT2D eigenvalue weighted by Gasteiger charge is -2.12. The molecule has 2 aromatic rings. The molecule has 0 bridgehead atoms. The maximum absolute atomic E-state index is 13.1. The molecule has 7 heteroatoms. The van der Waals surface area contributed by atoms with Gasteiger partial charge in [0.1, 0.15) is 5.82 Å². The van der Waals surface area contributed by atoms with Crippen LogP contribution < -0.4 is 10.6 Å². The Hall–Kier alpha value is -2.44. The first-order valence-corrected chi connectivity index (χ1v) is 7.57. The van der Waals surface area contributed by atoms with Crippen LogP contribution >= 0.6 is 0 Å². The normalized spacial score (nSPS) is 11.6. The predicted octanol–water partition coefficient (Wildman–Crippen LogP) is 1.78. The van der Waals surface area contributed by atoms with Crippen molar-refractivity contribution < 1.29 is 8.91 Å².